The summed E-state index contributed by atoms with van der Waals surface area (Å²) >= 11 is 11.9. The third-order valence-corrected chi connectivity index (χ3v) is 3.65. The van der Waals surface area contributed by atoms with E-state index in [1.807, 2.05) is 12.1 Å². The Kier molecular flexibility index (Phi) is 9.40. The van der Waals surface area contributed by atoms with E-state index in [1.165, 1.54) is 5.56 Å². The summed E-state index contributed by atoms with van der Waals surface area (Å²) in [5.74, 6) is 0. The average molecular weight is 332 g/mol. The van der Waals surface area contributed by atoms with Gasteiger partial charge in [-0.15, -0.1) is 24.8 Å². The molecule has 1 saturated heterocycles. The van der Waals surface area contributed by atoms with Crippen LogP contribution in [0.25, 0.3) is 0 Å². The molecular weight excluding hydrogens is 314 g/mol. The second-order valence-electron chi connectivity index (χ2n) is 4.09. The third-order valence-electron chi connectivity index (χ3n) is 2.91. The van der Waals surface area contributed by atoms with Crippen molar-refractivity contribution in [3.8, 4) is 0 Å². The van der Waals surface area contributed by atoms with Gasteiger partial charge < -0.3 is 10.2 Å². The second kappa shape index (κ2) is 9.24. The topological polar surface area (TPSA) is 15.3 Å². The zero-order valence-electron chi connectivity index (χ0n) is 9.99. The van der Waals surface area contributed by atoms with Crippen molar-refractivity contribution < 1.29 is 0 Å². The fourth-order valence-electron chi connectivity index (χ4n) is 1.92. The molecule has 2 rings (SSSR count). The summed E-state index contributed by atoms with van der Waals surface area (Å²) in [6.07, 6.45) is 1.04. The molecule has 1 fully saturated rings. The first kappa shape index (κ1) is 18.3. The van der Waals surface area contributed by atoms with Crippen LogP contribution in [0.2, 0.25) is 10.0 Å². The smallest absolute Gasteiger partial charge is 0.0595 e. The Morgan fingerprint density at radius 2 is 1.72 bits per heavy atom. The van der Waals surface area contributed by atoms with E-state index in [2.05, 4.69) is 16.3 Å². The number of halogens is 4. The Bertz CT molecular complexity index is 354. The molecule has 1 aliphatic heterocycles. The minimum absolute atomic E-state index is 0. The lowest BCUT2D eigenvalue weighted by atomic mass is 10.1. The summed E-state index contributed by atoms with van der Waals surface area (Å²) in [4.78, 5) is 2.47. The van der Waals surface area contributed by atoms with Crippen molar-refractivity contribution in [3.63, 3.8) is 0 Å². The molecule has 0 saturated carbocycles. The van der Waals surface area contributed by atoms with Crippen molar-refractivity contribution in [2.75, 3.05) is 32.7 Å². The van der Waals surface area contributed by atoms with Gasteiger partial charge in [-0.05, 0) is 24.1 Å². The summed E-state index contributed by atoms with van der Waals surface area (Å²) in [5, 5.41) is 4.63. The molecule has 0 aliphatic carbocycles. The van der Waals surface area contributed by atoms with Crippen molar-refractivity contribution in [1.82, 2.24) is 10.2 Å². The Balaban J connectivity index is 0.00000144. The fourth-order valence-corrected chi connectivity index (χ4v) is 2.24. The maximum atomic E-state index is 5.98. The van der Waals surface area contributed by atoms with Crippen molar-refractivity contribution in [2.45, 2.75) is 6.42 Å². The standard InChI is InChI=1S/C12H16Cl2N2.2ClH/c13-11-2-1-10(9-12(11)14)3-6-16-7-4-15-5-8-16;;/h1-2,9,15H,3-8H2;2*1H. The molecule has 6 heteroatoms. The zero-order chi connectivity index (χ0) is 11.4. The molecule has 0 radical (unpaired) electrons. The van der Waals surface area contributed by atoms with Gasteiger partial charge in [-0.25, -0.2) is 0 Å². The first-order valence-electron chi connectivity index (χ1n) is 5.63. The molecule has 0 aromatic heterocycles. The molecule has 0 atom stereocenters. The molecule has 1 aromatic carbocycles. The minimum Gasteiger partial charge on any atom is -0.314 e. The molecule has 1 aromatic rings. The summed E-state index contributed by atoms with van der Waals surface area (Å²) in [5.41, 5.74) is 1.26. The zero-order valence-corrected chi connectivity index (χ0v) is 13.1. The van der Waals surface area contributed by atoms with E-state index >= 15 is 0 Å². The lowest BCUT2D eigenvalue weighted by Gasteiger charge is -2.27. The van der Waals surface area contributed by atoms with Gasteiger partial charge >= 0.3 is 0 Å². The van der Waals surface area contributed by atoms with Crippen LogP contribution in [0.4, 0.5) is 0 Å². The van der Waals surface area contributed by atoms with Crippen LogP contribution in [0.1, 0.15) is 5.56 Å². The molecule has 18 heavy (non-hydrogen) atoms. The Hall–Kier alpha value is 0.300. The average Bonchev–Trinajstić information content (AvgIpc) is 2.32. The van der Waals surface area contributed by atoms with E-state index in [1.54, 1.807) is 0 Å². The first-order chi connectivity index (χ1) is 7.75. The van der Waals surface area contributed by atoms with Crippen LogP contribution < -0.4 is 5.32 Å². The van der Waals surface area contributed by atoms with E-state index in [9.17, 15) is 0 Å². The van der Waals surface area contributed by atoms with Gasteiger partial charge in [-0.1, -0.05) is 29.3 Å². The van der Waals surface area contributed by atoms with Crippen LogP contribution in [0.3, 0.4) is 0 Å². The van der Waals surface area contributed by atoms with E-state index < -0.39 is 0 Å². The van der Waals surface area contributed by atoms with Crippen LogP contribution >= 0.6 is 48.0 Å². The molecule has 1 heterocycles. The van der Waals surface area contributed by atoms with E-state index in [4.69, 9.17) is 23.2 Å². The number of rotatable bonds is 3. The van der Waals surface area contributed by atoms with E-state index in [0.29, 0.717) is 10.0 Å². The number of hydrogen-bond donors (Lipinski definition) is 1. The predicted octanol–water partition coefficient (Wildman–Crippen LogP) is 3.28. The number of nitrogens with zero attached hydrogens (tertiary/aromatic N) is 1. The molecule has 0 unspecified atom stereocenters. The van der Waals surface area contributed by atoms with Crippen LogP contribution in [-0.4, -0.2) is 37.6 Å². The predicted molar refractivity (Wildman–Crippen MR) is 84.0 cm³/mol. The number of piperazine rings is 1. The second-order valence-corrected chi connectivity index (χ2v) is 4.90. The highest BCUT2D eigenvalue weighted by molar-refractivity contribution is 6.42. The quantitative estimate of drug-likeness (QED) is 0.914. The maximum Gasteiger partial charge on any atom is 0.0595 e. The van der Waals surface area contributed by atoms with Gasteiger partial charge in [0.05, 0.1) is 10.0 Å². The highest BCUT2D eigenvalue weighted by Gasteiger charge is 2.09. The normalized spacial score (nSPS) is 15.7. The van der Waals surface area contributed by atoms with Crippen LogP contribution in [-0.2, 0) is 6.42 Å². The molecule has 1 aliphatic rings. The van der Waals surface area contributed by atoms with Crippen LogP contribution in [0.15, 0.2) is 18.2 Å². The summed E-state index contributed by atoms with van der Waals surface area (Å²) in [6.45, 7) is 5.57. The van der Waals surface area contributed by atoms with Gasteiger partial charge in [0.2, 0.25) is 0 Å². The molecule has 0 amide bonds. The van der Waals surface area contributed by atoms with E-state index in [-0.39, 0.29) is 24.8 Å². The number of nitrogens with one attached hydrogen (secondary N) is 1. The first-order valence-corrected chi connectivity index (χ1v) is 6.38. The minimum atomic E-state index is 0. The highest BCUT2D eigenvalue weighted by Crippen LogP contribution is 2.22. The van der Waals surface area contributed by atoms with Gasteiger partial charge in [0.1, 0.15) is 0 Å². The van der Waals surface area contributed by atoms with Gasteiger partial charge in [0, 0.05) is 32.7 Å². The Labute approximate surface area is 131 Å². The molecule has 0 spiro atoms. The summed E-state index contributed by atoms with van der Waals surface area (Å²) < 4.78 is 0. The summed E-state index contributed by atoms with van der Waals surface area (Å²) in [7, 11) is 0. The van der Waals surface area contributed by atoms with Crippen molar-refractivity contribution in [1.29, 1.82) is 0 Å². The number of benzene rings is 1. The van der Waals surface area contributed by atoms with Crippen molar-refractivity contribution >= 4 is 48.0 Å². The lowest BCUT2D eigenvalue weighted by Crippen LogP contribution is -2.44. The molecular formula is C12H18Cl4N2. The molecule has 2 nitrogen and oxygen atoms in total. The lowest BCUT2D eigenvalue weighted by molar-refractivity contribution is 0.244. The van der Waals surface area contributed by atoms with Gasteiger partial charge in [-0.3, -0.25) is 0 Å². The largest absolute Gasteiger partial charge is 0.314 e. The SMILES string of the molecule is Cl.Cl.Clc1ccc(CCN2CCNCC2)cc1Cl. The Morgan fingerprint density at radius 3 is 2.33 bits per heavy atom. The van der Waals surface area contributed by atoms with E-state index in [0.717, 1.165) is 39.1 Å². The van der Waals surface area contributed by atoms with Gasteiger partial charge in [-0.2, -0.15) is 0 Å². The highest BCUT2D eigenvalue weighted by atomic mass is 35.5. The molecule has 0 bridgehead atoms. The maximum absolute atomic E-state index is 5.98. The summed E-state index contributed by atoms with van der Waals surface area (Å²) in [6, 6.07) is 5.89. The molecule has 104 valence electrons. The monoisotopic (exact) mass is 330 g/mol. The van der Waals surface area contributed by atoms with Gasteiger partial charge in [0.15, 0.2) is 0 Å². The van der Waals surface area contributed by atoms with Crippen molar-refractivity contribution in [2.24, 2.45) is 0 Å². The number of hydrogen-bond acceptors (Lipinski definition) is 2. The Morgan fingerprint density at radius 1 is 1.06 bits per heavy atom. The van der Waals surface area contributed by atoms with Crippen molar-refractivity contribution in [3.05, 3.63) is 33.8 Å². The van der Waals surface area contributed by atoms with Gasteiger partial charge in [0.25, 0.3) is 0 Å². The third kappa shape index (κ3) is 5.52. The molecule has 1 N–H and O–H groups in total. The van der Waals surface area contributed by atoms with Crippen LogP contribution in [0, 0.1) is 0 Å². The fraction of sp³-hybridized carbons (Fsp3) is 0.500. The van der Waals surface area contributed by atoms with Crippen LogP contribution in [0.5, 0.6) is 0 Å².